The Kier molecular flexibility index (Phi) is 3.96. The van der Waals surface area contributed by atoms with Gasteiger partial charge in [-0.2, -0.15) is 0 Å². The number of carboxylic acid groups (broad SMARTS) is 1. The second-order valence-electron chi connectivity index (χ2n) is 7.31. The van der Waals surface area contributed by atoms with Gasteiger partial charge >= 0.3 is 5.97 Å². The van der Waals surface area contributed by atoms with Crippen molar-refractivity contribution in [2.24, 2.45) is 11.3 Å². The highest BCUT2D eigenvalue weighted by Gasteiger charge is 2.54. The van der Waals surface area contributed by atoms with Crippen LogP contribution >= 0.6 is 0 Å². The van der Waals surface area contributed by atoms with Crippen LogP contribution in [0.2, 0.25) is 0 Å². The van der Waals surface area contributed by atoms with E-state index in [1.54, 1.807) is 7.11 Å². The molecule has 1 aromatic heterocycles. The molecule has 1 aromatic carbocycles. The molecule has 2 atom stereocenters. The van der Waals surface area contributed by atoms with Crippen LogP contribution < -0.4 is 4.74 Å². The number of aromatic nitrogens is 1. The maximum Gasteiger partial charge on any atom is 0.313 e. The van der Waals surface area contributed by atoms with Crippen molar-refractivity contribution in [1.29, 1.82) is 0 Å². The van der Waals surface area contributed by atoms with Crippen molar-refractivity contribution in [2.75, 3.05) is 33.4 Å². The number of methoxy groups -OCH3 is 1. The molecule has 0 amide bonds. The highest BCUT2D eigenvalue weighted by Crippen LogP contribution is 2.42. The Hall–Kier alpha value is -2.05. The Morgan fingerprint density at radius 2 is 2.36 bits per heavy atom. The van der Waals surface area contributed by atoms with Gasteiger partial charge in [0.05, 0.1) is 13.7 Å². The number of fused-ring (bicyclic) bond motifs is 2. The Morgan fingerprint density at radius 1 is 1.52 bits per heavy atom. The Balaban J connectivity index is 1.60. The van der Waals surface area contributed by atoms with E-state index in [2.05, 4.69) is 16.8 Å². The molecule has 6 nitrogen and oxygen atoms in total. The van der Waals surface area contributed by atoms with E-state index < -0.39 is 11.4 Å². The van der Waals surface area contributed by atoms with E-state index in [-0.39, 0.29) is 5.92 Å². The van der Waals surface area contributed by atoms with Crippen molar-refractivity contribution in [1.82, 2.24) is 9.88 Å². The smallest absolute Gasteiger partial charge is 0.313 e. The molecule has 2 aromatic rings. The zero-order valence-electron chi connectivity index (χ0n) is 14.7. The summed E-state index contributed by atoms with van der Waals surface area (Å²) in [6.07, 6.45) is 0.825. The molecule has 3 heterocycles. The molecular formula is C19H24N2O4. The molecular weight excluding hydrogens is 320 g/mol. The lowest BCUT2D eigenvalue weighted by atomic mass is 9.76. The van der Waals surface area contributed by atoms with Gasteiger partial charge < -0.3 is 19.6 Å². The Labute approximate surface area is 146 Å². The maximum atomic E-state index is 11.9. The summed E-state index contributed by atoms with van der Waals surface area (Å²) in [6.45, 7) is 5.19. The SMILES string of the molecule is COc1ccc2[nH]c(CN3C[C@@H]4CCOC[C@]4(C(=O)O)C3)c(C)c2c1. The number of aliphatic carboxylic acids is 1. The lowest BCUT2D eigenvalue weighted by molar-refractivity contribution is -0.159. The number of ether oxygens (including phenoxy) is 2. The van der Waals surface area contributed by atoms with Crippen molar-refractivity contribution in [2.45, 2.75) is 19.9 Å². The minimum absolute atomic E-state index is 0.170. The van der Waals surface area contributed by atoms with E-state index in [0.717, 1.165) is 41.9 Å². The van der Waals surface area contributed by atoms with E-state index >= 15 is 0 Å². The number of aryl methyl sites for hydroxylation is 1. The normalized spacial score (nSPS) is 26.7. The zero-order valence-corrected chi connectivity index (χ0v) is 14.7. The van der Waals surface area contributed by atoms with Gasteiger partial charge in [-0.1, -0.05) is 0 Å². The number of carbonyl (C=O) groups is 1. The summed E-state index contributed by atoms with van der Waals surface area (Å²) in [5, 5.41) is 10.9. The number of aromatic amines is 1. The molecule has 0 spiro atoms. The average Bonchev–Trinajstić information content (AvgIpc) is 3.13. The predicted molar refractivity (Wildman–Crippen MR) is 93.9 cm³/mol. The third kappa shape index (κ3) is 2.60. The summed E-state index contributed by atoms with van der Waals surface area (Å²) in [5.74, 6) is 0.289. The van der Waals surface area contributed by atoms with Gasteiger partial charge in [0.1, 0.15) is 11.2 Å². The van der Waals surface area contributed by atoms with E-state index in [9.17, 15) is 9.90 Å². The third-order valence-corrected chi connectivity index (χ3v) is 5.91. The minimum atomic E-state index is -0.749. The van der Waals surface area contributed by atoms with Crippen LogP contribution in [-0.4, -0.2) is 54.4 Å². The largest absolute Gasteiger partial charge is 0.497 e. The molecule has 0 aliphatic carbocycles. The number of hydrogen-bond acceptors (Lipinski definition) is 4. The van der Waals surface area contributed by atoms with Crippen molar-refractivity contribution < 1.29 is 19.4 Å². The van der Waals surface area contributed by atoms with E-state index in [4.69, 9.17) is 9.47 Å². The fourth-order valence-electron chi connectivity index (χ4n) is 4.38. The van der Waals surface area contributed by atoms with Crippen LogP contribution in [0.4, 0.5) is 0 Å². The molecule has 2 fully saturated rings. The van der Waals surface area contributed by atoms with Crippen LogP contribution in [0.3, 0.4) is 0 Å². The predicted octanol–water partition coefficient (Wildman–Crippen LogP) is 2.41. The fourth-order valence-corrected chi connectivity index (χ4v) is 4.38. The van der Waals surface area contributed by atoms with Crippen LogP contribution in [-0.2, 0) is 16.1 Å². The number of benzene rings is 1. The van der Waals surface area contributed by atoms with Gasteiger partial charge in [-0.25, -0.2) is 0 Å². The first-order valence-corrected chi connectivity index (χ1v) is 8.72. The number of nitrogens with zero attached hydrogens (tertiary/aromatic N) is 1. The molecule has 2 N–H and O–H groups in total. The summed E-state index contributed by atoms with van der Waals surface area (Å²) in [4.78, 5) is 17.6. The molecule has 2 saturated heterocycles. The Morgan fingerprint density at radius 3 is 3.08 bits per heavy atom. The first-order valence-electron chi connectivity index (χ1n) is 8.72. The minimum Gasteiger partial charge on any atom is -0.497 e. The van der Waals surface area contributed by atoms with Crippen molar-refractivity contribution in [3.63, 3.8) is 0 Å². The first-order chi connectivity index (χ1) is 12.0. The number of H-pyrrole nitrogens is 1. The maximum absolute atomic E-state index is 11.9. The number of likely N-dealkylation sites (tertiary alicyclic amines) is 1. The van der Waals surface area contributed by atoms with Gasteiger partial charge in [-0.3, -0.25) is 9.69 Å². The van der Waals surface area contributed by atoms with Crippen LogP contribution in [0.25, 0.3) is 10.9 Å². The van der Waals surface area contributed by atoms with Gasteiger partial charge in [0.2, 0.25) is 0 Å². The monoisotopic (exact) mass is 344 g/mol. The molecule has 0 radical (unpaired) electrons. The highest BCUT2D eigenvalue weighted by atomic mass is 16.5. The topological polar surface area (TPSA) is 74.8 Å². The molecule has 2 aliphatic heterocycles. The molecule has 4 rings (SSSR count). The van der Waals surface area contributed by atoms with Crippen LogP contribution in [0.1, 0.15) is 17.7 Å². The number of hydrogen-bond donors (Lipinski definition) is 2. The first kappa shape index (κ1) is 16.4. The fraction of sp³-hybridized carbons (Fsp3) is 0.526. The van der Waals surface area contributed by atoms with E-state index in [1.807, 2.05) is 18.2 Å². The summed E-state index contributed by atoms with van der Waals surface area (Å²) in [7, 11) is 1.67. The molecule has 25 heavy (non-hydrogen) atoms. The van der Waals surface area contributed by atoms with Gasteiger partial charge in [-0.15, -0.1) is 0 Å². The van der Waals surface area contributed by atoms with Gasteiger partial charge in [-0.05, 0) is 43.0 Å². The lowest BCUT2D eigenvalue weighted by Gasteiger charge is -2.34. The molecule has 2 aliphatic rings. The molecule has 0 saturated carbocycles. The molecule has 134 valence electrons. The Bertz CT molecular complexity index is 815. The third-order valence-electron chi connectivity index (χ3n) is 5.91. The van der Waals surface area contributed by atoms with E-state index in [1.165, 1.54) is 5.56 Å². The second kappa shape index (κ2) is 6.04. The van der Waals surface area contributed by atoms with Crippen LogP contribution in [0.5, 0.6) is 5.75 Å². The van der Waals surface area contributed by atoms with E-state index in [0.29, 0.717) is 19.8 Å². The number of rotatable bonds is 4. The molecule has 0 unspecified atom stereocenters. The van der Waals surface area contributed by atoms with Crippen LogP contribution in [0.15, 0.2) is 18.2 Å². The molecule has 0 bridgehead atoms. The second-order valence-corrected chi connectivity index (χ2v) is 7.31. The molecule has 6 heteroatoms. The zero-order chi connectivity index (χ0) is 17.6. The standard InChI is InChI=1S/C19H24N2O4/c1-12-15-7-14(24-2)3-4-16(15)20-17(12)9-21-8-13-5-6-25-11-19(13,10-21)18(22)23/h3-4,7,13,20H,5-6,8-11H2,1-2H3,(H,22,23)/t13-,19+/m0/s1. The lowest BCUT2D eigenvalue weighted by Crippen LogP contribution is -2.46. The van der Waals surface area contributed by atoms with Crippen molar-refractivity contribution in [3.05, 3.63) is 29.5 Å². The summed E-state index contributed by atoms with van der Waals surface area (Å²) >= 11 is 0. The summed E-state index contributed by atoms with van der Waals surface area (Å²) < 4.78 is 10.8. The number of carboxylic acids is 1. The van der Waals surface area contributed by atoms with Gasteiger partial charge in [0.15, 0.2) is 0 Å². The van der Waals surface area contributed by atoms with Gasteiger partial charge in [0, 0.05) is 42.8 Å². The van der Waals surface area contributed by atoms with Crippen molar-refractivity contribution in [3.8, 4) is 5.75 Å². The van der Waals surface area contributed by atoms with Gasteiger partial charge in [0.25, 0.3) is 0 Å². The quantitative estimate of drug-likeness (QED) is 0.891. The summed E-state index contributed by atoms with van der Waals surface area (Å²) in [5.41, 5.74) is 2.68. The number of nitrogens with one attached hydrogen (secondary N) is 1. The summed E-state index contributed by atoms with van der Waals surface area (Å²) in [6, 6.07) is 6.02. The highest BCUT2D eigenvalue weighted by molar-refractivity contribution is 5.85. The average molecular weight is 344 g/mol. The van der Waals surface area contributed by atoms with Crippen molar-refractivity contribution >= 4 is 16.9 Å². The van der Waals surface area contributed by atoms with Crippen LogP contribution in [0, 0.1) is 18.3 Å².